The molecule has 2 aromatic heterocycles. The zero-order valence-corrected chi connectivity index (χ0v) is 16.2. The molecule has 0 spiro atoms. The molecule has 1 amide bonds. The number of benzene rings is 1. The molecule has 31 heavy (non-hydrogen) atoms. The third-order valence-corrected chi connectivity index (χ3v) is 5.25. The van der Waals surface area contributed by atoms with Crippen LogP contribution in [-0.4, -0.2) is 36.9 Å². The van der Waals surface area contributed by atoms with Crippen molar-refractivity contribution in [2.24, 2.45) is 7.05 Å². The number of aromatic nitrogens is 4. The second-order valence-electron chi connectivity index (χ2n) is 7.16. The number of nitrogens with zero attached hydrogens (tertiary/aromatic N) is 5. The summed E-state index contributed by atoms with van der Waals surface area (Å²) in [4.78, 5) is 14.1. The van der Waals surface area contributed by atoms with Gasteiger partial charge in [-0.2, -0.15) is 14.9 Å². The van der Waals surface area contributed by atoms with E-state index in [4.69, 9.17) is 0 Å². The Morgan fingerprint density at radius 3 is 2.39 bits per heavy atom. The van der Waals surface area contributed by atoms with Crippen LogP contribution in [0.15, 0.2) is 24.5 Å². The van der Waals surface area contributed by atoms with Crippen molar-refractivity contribution in [1.82, 2.24) is 24.5 Å². The van der Waals surface area contributed by atoms with E-state index in [1.165, 1.54) is 9.58 Å². The second-order valence-corrected chi connectivity index (χ2v) is 7.16. The number of aryl methyl sites for hydroxylation is 1. The van der Waals surface area contributed by atoms with Crippen LogP contribution >= 0.6 is 0 Å². The number of hydrogen-bond acceptors (Lipinski definition) is 3. The molecule has 1 aromatic carbocycles. The first kappa shape index (κ1) is 20.9. The maximum absolute atomic E-state index is 13.7. The van der Waals surface area contributed by atoms with Crippen LogP contribution in [0, 0.1) is 17.5 Å². The average molecular weight is 443 g/mol. The van der Waals surface area contributed by atoms with Crippen LogP contribution in [0.4, 0.5) is 26.3 Å². The first-order valence-electron chi connectivity index (χ1n) is 9.12. The highest BCUT2D eigenvalue weighted by Gasteiger charge is 2.36. The van der Waals surface area contributed by atoms with E-state index < -0.39 is 35.7 Å². The van der Waals surface area contributed by atoms with E-state index in [-0.39, 0.29) is 28.8 Å². The molecule has 0 bridgehead atoms. The topological polar surface area (TPSA) is 56.0 Å². The van der Waals surface area contributed by atoms with Gasteiger partial charge in [0.25, 0.3) is 5.91 Å². The SMILES string of the molecule is C[C@H]1c2nn(C)c(-c3cc(F)c(F)c(F)c3)c2CCN1C(=O)c1cnn(C(F)(F)F)c1. The van der Waals surface area contributed by atoms with Gasteiger partial charge in [-0.1, -0.05) is 0 Å². The van der Waals surface area contributed by atoms with Crippen molar-refractivity contribution in [3.63, 3.8) is 0 Å². The molecule has 0 unspecified atom stereocenters. The Labute approximate surface area is 171 Å². The summed E-state index contributed by atoms with van der Waals surface area (Å²) >= 11 is 0. The van der Waals surface area contributed by atoms with E-state index in [1.807, 2.05) is 0 Å². The minimum Gasteiger partial charge on any atom is -0.330 e. The van der Waals surface area contributed by atoms with Crippen LogP contribution in [0.25, 0.3) is 11.3 Å². The number of hydrogen-bond donors (Lipinski definition) is 0. The van der Waals surface area contributed by atoms with Gasteiger partial charge in [0, 0.05) is 30.9 Å². The highest BCUT2D eigenvalue weighted by Crippen LogP contribution is 2.37. The average Bonchev–Trinajstić information content (AvgIpc) is 3.30. The van der Waals surface area contributed by atoms with Crippen LogP contribution in [0.2, 0.25) is 0 Å². The van der Waals surface area contributed by atoms with E-state index in [0.717, 1.165) is 18.3 Å². The smallest absolute Gasteiger partial charge is 0.330 e. The first-order chi connectivity index (χ1) is 14.5. The lowest BCUT2D eigenvalue weighted by Crippen LogP contribution is -2.38. The summed E-state index contributed by atoms with van der Waals surface area (Å²) in [6.45, 7) is 1.78. The molecule has 1 aliphatic heterocycles. The lowest BCUT2D eigenvalue weighted by atomic mass is 9.95. The van der Waals surface area contributed by atoms with Crippen LogP contribution in [0.1, 0.15) is 34.6 Å². The van der Waals surface area contributed by atoms with E-state index >= 15 is 0 Å². The van der Waals surface area contributed by atoms with E-state index in [1.54, 1.807) is 14.0 Å². The van der Waals surface area contributed by atoms with Gasteiger partial charge >= 0.3 is 6.30 Å². The van der Waals surface area contributed by atoms with Crippen LogP contribution in [-0.2, 0) is 19.8 Å². The van der Waals surface area contributed by atoms with Gasteiger partial charge < -0.3 is 4.90 Å². The standard InChI is InChI=1S/C19H15F6N5O/c1-9-16-12(17(28(2)27-16)10-5-13(20)15(22)14(21)6-10)3-4-29(9)18(31)11-7-26-30(8-11)19(23,24)25/h5-9H,3-4H2,1-2H3/t9-/m0/s1. The number of alkyl halides is 3. The molecule has 12 heteroatoms. The van der Waals surface area contributed by atoms with Gasteiger partial charge in [0.1, 0.15) is 0 Å². The molecule has 0 saturated carbocycles. The molecule has 0 aliphatic carbocycles. The van der Waals surface area contributed by atoms with Crippen molar-refractivity contribution >= 4 is 5.91 Å². The summed E-state index contributed by atoms with van der Waals surface area (Å²) in [6.07, 6.45) is -3.05. The summed E-state index contributed by atoms with van der Waals surface area (Å²) in [5.41, 5.74) is 1.29. The summed E-state index contributed by atoms with van der Waals surface area (Å²) in [7, 11) is 1.54. The quantitative estimate of drug-likeness (QED) is 0.446. The fraction of sp³-hybridized carbons (Fsp3) is 0.316. The zero-order valence-electron chi connectivity index (χ0n) is 16.2. The molecular formula is C19H15F6N5O. The molecule has 3 heterocycles. The molecule has 4 rings (SSSR count). The first-order valence-corrected chi connectivity index (χ1v) is 9.12. The molecule has 164 valence electrons. The van der Waals surface area contributed by atoms with Crippen molar-refractivity contribution in [1.29, 1.82) is 0 Å². The molecule has 0 fully saturated rings. The van der Waals surface area contributed by atoms with Crippen LogP contribution in [0.5, 0.6) is 0 Å². The molecule has 0 saturated heterocycles. The Kier molecular flexibility index (Phi) is 4.82. The van der Waals surface area contributed by atoms with Crippen LogP contribution in [0.3, 0.4) is 0 Å². The lowest BCUT2D eigenvalue weighted by molar-refractivity contribution is -0.212. The number of rotatable bonds is 2. The van der Waals surface area contributed by atoms with Gasteiger partial charge in [-0.25, -0.2) is 13.2 Å². The molecule has 1 aliphatic rings. The fourth-order valence-electron chi connectivity index (χ4n) is 3.81. The predicted octanol–water partition coefficient (Wildman–Crippen LogP) is 3.94. The number of carbonyl (C=O) groups is 1. The minimum atomic E-state index is -4.74. The van der Waals surface area contributed by atoms with E-state index in [0.29, 0.717) is 23.1 Å². The minimum absolute atomic E-state index is 0.0890. The third kappa shape index (κ3) is 3.45. The molecule has 0 radical (unpaired) electrons. The van der Waals surface area contributed by atoms with Gasteiger partial charge in [-0.3, -0.25) is 9.48 Å². The Bertz CT molecular complexity index is 1160. The summed E-state index contributed by atoms with van der Waals surface area (Å²) in [5, 5.41) is 7.52. The second kappa shape index (κ2) is 7.13. The van der Waals surface area contributed by atoms with Crippen molar-refractivity contribution in [3.05, 3.63) is 58.8 Å². The normalized spacial score (nSPS) is 16.5. The molecule has 1 atom stereocenters. The number of halogens is 6. The zero-order chi connectivity index (χ0) is 22.7. The molecular weight excluding hydrogens is 428 g/mol. The maximum atomic E-state index is 13.7. The number of amides is 1. The number of fused-ring (bicyclic) bond motifs is 1. The summed E-state index contributed by atoms with van der Waals surface area (Å²) in [6, 6.07) is 1.10. The fourth-order valence-corrected chi connectivity index (χ4v) is 3.81. The van der Waals surface area contributed by atoms with Crippen molar-refractivity contribution in [2.75, 3.05) is 6.54 Å². The Morgan fingerprint density at radius 2 is 1.81 bits per heavy atom. The Morgan fingerprint density at radius 1 is 1.16 bits per heavy atom. The highest BCUT2D eigenvalue weighted by atomic mass is 19.4. The van der Waals surface area contributed by atoms with Gasteiger partial charge in [0.2, 0.25) is 0 Å². The third-order valence-electron chi connectivity index (χ3n) is 5.25. The number of carbonyl (C=O) groups excluding carboxylic acids is 1. The monoisotopic (exact) mass is 443 g/mol. The van der Waals surface area contributed by atoms with Crippen molar-refractivity contribution in [3.8, 4) is 11.3 Å². The maximum Gasteiger partial charge on any atom is 0.504 e. The summed E-state index contributed by atoms with van der Waals surface area (Å²) < 4.78 is 80.2. The molecule has 6 nitrogen and oxygen atoms in total. The largest absolute Gasteiger partial charge is 0.504 e. The highest BCUT2D eigenvalue weighted by molar-refractivity contribution is 5.94. The lowest BCUT2D eigenvalue weighted by Gasteiger charge is -2.32. The Hall–Kier alpha value is -3.31. The van der Waals surface area contributed by atoms with Crippen molar-refractivity contribution < 1.29 is 31.1 Å². The van der Waals surface area contributed by atoms with Gasteiger partial charge in [-0.05, 0) is 25.5 Å². The van der Waals surface area contributed by atoms with Gasteiger partial charge in [-0.15, -0.1) is 13.2 Å². The van der Waals surface area contributed by atoms with Crippen molar-refractivity contribution in [2.45, 2.75) is 25.7 Å². The molecule has 0 N–H and O–H groups in total. The Balaban J connectivity index is 1.68. The van der Waals surface area contributed by atoms with Gasteiger partial charge in [0.05, 0.1) is 29.2 Å². The summed E-state index contributed by atoms with van der Waals surface area (Å²) in [5.74, 6) is -4.91. The van der Waals surface area contributed by atoms with Crippen LogP contribution < -0.4 is 0 Å². The molecule has 3 aromatic rings. The van der Waals surface area contributed by atoms with E-state index in [2.05, 4.69) is 10.2 Å². The van der Waals surface area contributed by atoms with E-state index in [9.17, 15) is 31.1 Å². The van der Waals surface area contributed by atoms with Gasteiger partial charge in [0.15, 0.2) is 17.5 Å². The predicted molar refractivity (Wildman–Crippen MR) is 95.2 cm³/mol.